The molecule has 3 rings (SSSR count). The number of nitrogens with zero attached hydrogens (tertiary/aromatic N) is 2. The van der Waals surface area contributed by atoms with E-state index in [0.717, 1.165) is 11.1 Å². The van der Waals surface area contributed by atoms with Crippen LogP contribution in [0.5, 0.6) is 0 Å². The van der Waals surface area contributed by atoms with Crippen molar-refractivity contribution in [1.29, 1.82) is 0 Å². The molecule has 0 saturated heterocycles. The number of rotatable bonds is 7. The lowest BCUT2D eigenvalue weighted by Gasteiger charge is -2.26. The Kier molecular flexibility index (Phi) is 7.20. The number of amides is 2. The molecule has 0 fully saturated rings. The molecule has 2 amide bonds. The maximum Gasteiger partial charge on any atom is 0.414 e. The molecule has 6 nitrogen and oxygen atoms in total. The summed E-state index contributed by atoms with van der Waals surface area (Å²) < 4.78 is 14.7. The number of carbonyl (C=O) groups is 2. The van der Waals surface area contributed by atoms with Crippen LogP contribution in [0, 0.1) is 0 Å². The molecule has 0 aliphatic rings. The summed E-state index contributed by atoms with van der Waals surface area (Å²) in [5, 5.41) is 12.6. The monoisotopic (exact) mass is 441 g/mol. The Morgan fingerprint density at radius 3 is 2.48 bits per heavy atom. The fourth-order valence-corrected chi connectivity index (χ4v) is 3.21. The SMILES string of the molecule is CCCC(F)N(C(=O)O)c1ccc(-c2ccccc2)cc1NC(=O)c1ccc(Cl)nc1. The summed E-state index contributed by atoms with van der Waals surface area (Å²) in [4.78, 5) is 29.1. The fraction of sp³-hybridized carbons (Fsp3) is 0.174. The number of hydrogen-bond donors (Lipinski definition) is 2. The summed E-state index contributed by atoms with van der Waals surface area (Å²) in [5.74, 6) is -0.521. The van der Waals surface area contributed by atoms with Gasteiger partial charge in [-0.3, -0.25) is 4.79 Å². The molecule has 2 N–H and O–H groups in total. The van der Waals surface area contributed by atoms with Crippen molar-refractivity contribution < 1.29 is 19.1 Å². The molecule has 1 heterocycles. The molecule has 0 radical (unpaired) electrons. The van der Waals surface area contributed by atoms with Crippen molar-refractivity contribution in [2.75, 3.05) is 10.2 Å². The topological polar surface area (TPSA) is 82.5 Å². The molecule has 2 aromatic carbocycles. The number of anilines is 2. The first-order valence-electron chi connectivity index (χ1n) is 9.69. The minimum absolute atomic E-state index is 0.0290. The van der Waals surface area contributed by atoms with Crippen molar-refractivity contribution in [3.63, 3.8) is 0 Å². The van der Waals surface area contributed by atoms with Gasteiger partial charge in [0.15, 0.2) is 6.30 Å². The van der Waals surface area contributed by atoms with Gasteiger partial charge in [-0.2, -0.15) is 0 Å². The molecule has 1 atom stereocenters. The normalized spacial score (nSPS) is 11.6. The molecular formula is C23H21ClFN3O3. The Labute approximate surface area is 184 Å². The number of carbonyl (C=O) groups excluding carboxylic acids is 1. The van der Waals surface area contributed by atoms with E-state index in [1.807, 2.05) is 30.3 Å². The van der Waals surface area contributed by atoms with Gasteiger partial charge in [0.25, 0.3) is 5.91 Å². The average Bonchev–Trinajstić information content (AvgIpc) is 2.76. The van der Waals surface area contributed by atoms with E-state index in [-0.39, 0.29) is 28.5 Å². The summed E-state index contributed by atoms with van der Waals surface area (Å²) >= 11 is 5.77. The summed E-state index contributed by atoms with van der Waals surface area (Å²) in [7, 11) is 0. The number of halogens is 2. The zero-order valence-corrected chi connectivity index (χ0v) is 17.5. The minimum atomic E-state index is -1.75. The largest absolute Gasteiger partial charge is 0.465 e. The number of benzene rings is 2. The van der Waals surface area contributed by atoms with Crippen LogP contribution in [0.25, 0.3) is 11.1 Å². The van der Waals surface area contributed by atoms with Gasteiger partial charge in [0.05, 0.1) is 16.9 Å². The van der Waals surface area contributed by atoms with Gasteiger partial charge in [0, 0.05) is 6.20 Å². The Bertz CT molecular complexity index is 1060. The third-order valence-electron chi connectivity index (χ3n) is 4.61. The highest BCUT2D eigenvalue weighted by Crippen LogP contribution is 2.34. The first kappa shape index (κ1) is 22.2. The molecule has 0 spiro atoms. The van der Waals surface area contributed by atoms with Gasteiger partial charge in [0.1, 0.15) is 5.15 Å². The van der Waals surface area contributed by atoms with Crippen molar-refractivity contribution >= 4 is 35.0 Å². The Morgan fingerprint density at radius 1 is 1.13 bits per heavy atom. The third kappa shape index (κ3) is 5.38. The van der Waals surface area contributed by atoms with Gasteiger partial charge in [0.2, 0.25) is 0 Å². The van der Waals surface area contributed by atoms with E-state index in [9.17, 15) is 19.1 Å². The predicted molar refractivity (Wildman–Crippen MR) is 119 cm³/mol. The number of nitrogens with one attached hydrogen (secondary N) is 1. The second-order valence-corrected chi connectivity index (χ2v) is 7.18. The van der Waals surface area contributed by atoms with Crippen LogP contribution in [0.15, 0.2) is 66.9 Å². The zero-order valence-electron chi connectivity index (χ0n) is 16.8. The molecule has 1 unspecified atom stereocenters. The maximum atomic E-state index is 14.7. The number of carboxylic acid groups (broad SMARTS) is 1. The lowest BCUT2D eigenvalue weighted by molar-refractivity contribution is 0.102. The first-order chi connectivity index (χ1) is 14.9. The van der Waals surface area contributed by atoms with Crippen LogP contribution in [0.1, 0.15) is 30.1 Å². The van der Waals surface area contributed by atoms with E-state index in [0.29, 0.717) is 11.3 Å². The van der Waals surface area contributed by atoms with Gasteiger partial charge in [-0.1, -0.05) is 61.3 Å². The van der Waals surface area contributed by atoms with E-state index < -0.39 is 18.3 Å². The van der Waals surface area contributed by atoms with Crippen LogP contribution >= 0.6 is 11.6 Å². The molecule has 0 aliphatic heterocycles. The van der Waals surface area contributed by atoms with Crippen molar-refractivity contribution in [2.24, 2.45) is 0 Å². The lowest BCUT2D eigenvalue weighted by Crippen LogP contribution is -2.37. The van der Waals surface area contributed by atoms with Crippen LogP contribution < -0.4 is 10.2 Å². The van der Waals surface area contributed by atoms with Crippen molar-refractivity contribution in [3.05, 3.63) is 77.6 Å². The second kappa shape index (κ2) is 10.0. The van der Waals surface area contributed by atoms with Crippen LogP contribution in [-0.4, -0.2) is 28.4 Å². The third-order valence-corrected chi connectivity index (χ3v) is 4.84. The lowest BCUT2D eigenvalue weighted by atomic mass is 10.0. The number of pyridine rings is 1. The van der Waals surface area contributed by atoms with Crippen LogP contribution in [0.4, 0.5) is 20.6 Å². The van der Waals surface area contributed by atoms with E-state index in [1.165, 1.54) is 24.4 Å². The van der Waals surface area contributed by atoms with E-state index >= 15 is 0 Å². The molecule has 160 valence electrons. The van der Waals surface area contributed by atoms with Gasteiger partial charge in [-0.05, 0) is 41.8 Å². The molecule has 0 bridgehead atoms. The first-order valence-corrected chi connectivity index (χ1v) is 10.1. The number of alkyl halides is 1. The van der Waals surface area contributed by atoms with Crippen molar-refractivity contribution in [3.8, 4) is 11.1 Å². The Balaban J connectivity index is 2.05. The van der Waals surface area contributed by atoms with Gasteiger partial charge in [-0.15, -0.1) is 0 Å². The number of hydrogen-bond acceptors (Lipinski definition) is 3. The van der Waals surface area contributed by atoms with E-state index in [2.05, 4.69) is 10.3 Å². The molecule has 3 aromatic rings. The van der Waals surface area contributed by atoms with Gasteiger partial charge < -0.3 is 10.4 Å². The van der Waals surface area contributed by atoms with E-state index in [4.69, 9.17) is 11.6 Å². The van der Waals surface area contributed by atoms with Crippen LogP contribution in [-0.2, 0) is 0 Å². The molecular weight excluding hydrogens is 421 g/mol. The highest BCUT2D eigenvalue weighted by atomic mass is 35.5. The zero-order chi connectivity index (χ0) is 22.4. The minimum Gasteiger partial charge on any atom is -0.465 e. The average molecular weight is 442 g/mol. The smallest absolute Gasteiger partial charge is 0.414 e. The molecule has 31 heavy (non-hydrogen) atoms. The van der Waals surface area contributed by atoms with Crippen molar-refractivity contribution in [1.82, 2.24) is 4.98 Å². The standard InChI is InChI=1S/C23H21ClFN3O3/c1-2-6-21(25)28(23(30)31)19-11-9-16(15-7-4-3-5-8-15)13-18(19)27-22(29)17-10-12-20(24)26-14-17/h3-5,7-14,21H,2,6H2,1H3,(H,27,29)(H,30,31). The summed E-state index contributed by atoms with van der Waals surface area (Å²) in [6.45, 7) is 1.77. The molecule has 0 saturated carbocycles. The Morgan fingerprint density at radius 2 is 1.87 bits per heavy atom. The van der Waals surface area contributed by atoms with Crippen molar-refractivity contribution in [2.45, 2.75) is 26.1 Å². The summed E-state index contributed by atoms with van der Waals surface area (Å²) in [6, 6.07) is 17.1. The van der Waals surface area contributed by atoms with E-state index in [1.54, 1.807) is 19.1 Å². The quantitative estimate of drug-likeness (QED) is 0.336. The molecule has 1 aromatic heterocycles. The second-order valence-electron chi connectivity index (χ2n) is 6.80. The highest BCUT2D eigenvalue weighted by Gasteiger charge is 2.27. The summed E-state index contributed by atoms with van der Waals surface area (Å²) in [6.07, 6.45) is -1.40. The van der Waals surface area contributed by atoms with Gasteiger partial charge in [-0.25, -0.2) is 19.1 Å². The Hall–Kier alpha value is -3.45. The predicted octanol–water partition coefficient (Wildman–Crippen LogP) is 6.23. The van der Waals surface area contributed by atoms with Crippen LogP contribution in [0.2, 0.25) is 5.15 Å². The summed E-state index contributed by atoms with van der Waals surface area (Å²) in [5.41, 5.74) is 2.05. The number of aromatic nitrogens is 1. The molecule has 8 heteroatoms. The highest BCUT2D eigenvalue weighted by molar-refractivity contribution is 6.29. The van der Waals surface area contributed by atoms with Gasteiger partial charge >= 0.3 is 6.09 Å². The van der Waals surface area contributed by atoms with Crippen LogP contribution in [0.3, 0.4) is 0 Å². The maximum absolute atomic E-state index is 14.7. The fourth-order valence-electron chi connectivity index (χ4n) is 3.10. The molecule has 0 aliphatic carbocycles.